The number of para-hydroxylation sites is 2. The Morgan fingerprint density at radius 1 is 0.239 bits per heavy atom. The maximum Gasteiger partial charge on any atom is 0.140 e. The largest absolute Gasteiger partial charge is 0.456 e. The minimum absolute atomic E-state index is 0.0286. The van der Waals surface area contributed by atoms with Gasteiger partial charge in [-0.1, -0.05) is 359 Å². The lowest BCUT2D eigenvalue weighted by Crippen LogP contribution is -2.32. The van der Waals surface area contributed by atoms with Crippen LogP contribution in [0.5, 0.6) is 23.0 Å². The Balaban J connectivity index is 0.000000118. The van der Waals surface area contributed by atoms with Crippen LogP contribution in [-0.4, -0.2) is 0 Å². The van der Waals surface area contributed by atoms with E-state index in [4.69, 9.17) is 9.47 Å². The molecule has 4 nitrogen and oxygen atoms in total. The molecular formula is C112H79BrN2O2. The van der Waals surface area contributed by atoms with Gasteiger partial charge in [-0.15, -0.1) is 0 Å². The molecule has 2 spiro atoms. The molecule has 18 aromatic rings. The van der Waals surface area contributed by atoms with E-state index in [1.54, 1.807) is 0 Å². The number of nitrogens with one attached hydrogen (secondary N) is 1. The highest BCUT2D eigenvalue weighted by Gasteiger charge is 2.54. The molecule has 0 bridgehead atoms. The Morgan fingerprint density at radius 3 is 1.09 bits per heavy atom. The Labute approximate surface area is 691 Å². The minimum Gasteiger partial charge on any atom is -0.456 e. The van der Waals surface area contributed by atoms with Crippen LogP contribution in [0.1, 0.15) is 94.5 Å². The molecule has 0 amide bonds. The number of hydrogen-bond donors (Lipinski definition) is 1. The summed E-state index contributed by atoms with van der Waals surface area (Å²) in [6, 6.07) is 145. The SMILES string of the molecule is Brc1ccc2c(c1)C1(c3ccccc3Oc3c1ccc1ccccc31)c1ccccc1-2.CC1(C)c2ccccc2-c2ccc(N(c3ccc(-c4ccccc4)cc3)c3ccc4c(c3)C3(c5ccccc5Oc5c3ccc3ccccc53)c3ccccc3-4)cc21.CC1(C)c2ccccc2-c2ccc(Nc3ccc(-c4ccccc4)cc3)cc21. The van der Waals surface area contributed by atoms with Gasteiger partial charge in [0.1, 0.15) is 23.0 Å². The average Bonchev–Trinajstić information content (AvgIpc) is 1.54. The van der Waals surface area contributed by atoms with Crippen LogP contribution in [0, 0.1) is 0 Å². The van der Waals surface area contributed by atoms with Crippen molar-refractivity contribution in [1.82, 2.24) is 0 Å². The Hall–Kier alpha value is -13.8. The van der Waals surface area contributed by atoms with Crippen molar-refractivity contribution in [1.29, 1.82) is 0 Å². The van der Waals surface area contributed by atoms with E-state index in [1.807, 2.05) is 6.07 Å². The first-order valence-electron chi connectivity index (χ1n) is 40.5. The van der Waals surface area contributed by atoms with Gasteiger partial charge in [0.25, 0.3) is 0 Å². The summed E-state index contributed by atoms with van der Waals surface area (Å²) < 4.78 is 14.7. The molecule has 5 heteroatoms. The van der Waals surface area contributed by atoms with Crippen molar-refractivity contribution in [3.05, 3.63) is 472 Å². The van der Waals surface area contributed by atoms with E-state index in [0.29, 0.717) is 0 Å². The van der Waals surface area contributed by atoms with E-state index in [9.17, 15) is 0 Å². The summed E-state index contributed by atoms with van der Waals surface area (Å²) in [4.78, 5) is 2.46. The molecule has 24 rings (SSSR count). The second-order valence-corrected chi connectivity index (χ2v) is 33.6. The molecule has 18 aromatic carbocycles. The van der Waals surface area contributed by atoms with Crippen molar-refractivity contribution in [2.45, 2.75) is 49.4 Å². The van der Waals surface area contributed by atoms with Crippen molar-refractivity contribution in [3.8, 4) is 89.8 Å². The molecular weight excluding hydrogens is 1490 g/mol. The van der Waals surface area contributed by atoms with Gasteiger partial charge in [-0.2, -0.15) is 0 Å². The van der Waals surface area contributed by atoms with Gasteiger partial charge in [-0.05, 0) is 207 Å². The highest BCUT2D eigenvalue weighted by Crippen LogP contribution is 2.66. The molecule has 2 atom stereocenters. The molecule has 0 saturated heterocycles. The van der Waals surface area contributed by atoms with Crippen molar-refractivity contribution in [3.63, 3.8) is 0 Å². The van der Waals surface area contributed by atoms with Gasteiger partial charge in [0.05, 0.1) is 10.8 Å². The van der Waals surface area contributed by atoms with Gasteiger partial charge < -0.3 is 19.7 Å². The molecule has 0 radical (unpaired) electrons. The van der Waals surface area contributed by atoms with Crippen molar-refractivity contribution < 1.29 is 9.47 Å². The quantitative estimate of drug-likeness (QED) is 0.172. The minimum atomic E-state index is -0.597. The van der Waals surface area contributed by atoms with Crippen molar-refractivity contribution in [2.24, 2.45) is 0 Å². The zero-order chi connectivity index (χ0) is 78.3. The average molecular weight is 1560 g/mol. The standard InChI is InChI=1S/C56H39NO.C29H17BrO.C27H23N/c1-55(2)47-20-10-8-18-43(47)45-31-29-40(34-51(45)55)57(39-27-24-37(25-28-39)36-14-4-3-5-15-36)41-30-32-46-44-19-9-11-21-48(44)56(52(46)35-41)49-22-12-13-23-53(49)58-54-42-17-7-6-16-38(42)26-33-50(54)56;30-19-14-15-22-21-9-3-4-10-23(21)29(26(22)17-19)24-11-5-6-12-27(24)31-28-20-8-2-1-7-18(20)13-16-25(28)29;1-27(2)25-11-7-6-10-23(25)24-17-16-22(18-26(24)27)28-21-14-12-20(13-15-21)19-8-4-3-5-9-19/h3-35H,1-2H3;1-17H;3-18,28H,1-2H3. The predicted octanol–water partition coefficient (Wildman–Crippen LogP) is 30.2. The van der Waals surface area contributed by atoms with Crippen molar-refractivity contribution in [2.75, 3.05) is 10.2 Å². The Bertz CT molecular complexity index is 7060. The summed E-state index contributed by atoms with van der Waals surface area (Å²) in [6.07, 6.45) is 0. The Kier molecular flexibility index (Phi) is 16.2. The van der Waals surface area contributed by atoms with Crippen LogP contribution < -0.4 is 19.7 Å². The molecule has 2 unspecified atom stereocenters. The van der Waals surface area contributed by atoms with Gasteiger partial charge >= 0.3 is 0 Å². The number of ether oxygens (including phenoxy) is 2. The highest BCUT2D eigenvalue weighted by atomic mass is 79.9. The zero-order valence-corrected chi connectivity index (χ0v) is 66.8. The van der Waals surface area contributed by atoms with Gasteiger partial charge in [-0.3, -0.25) is 0 Å². The second kappa shape index (κ2) is 27.2. The number of hydrogen-bond acceptors (Lipinski definition) is 4. The molecule has 117 heavy (non-hydrogen) atoms. The topological polar surface area (TPSA) is 33.7 Å². The molecule has 6 aliphatic rings. The van der Waals surface area contributed by atoms with Gasteiger partial charge in [-0.25, -0.2) is 0 Å². The number of benzene rings is 18. The number of fused-ring (bicyclic) bond motifs is 28. The molecule has 2 aliphatic heterocycles. The second-order valence-electron chi connectivity index (χ2n) is 32.7. The third kappa shape index (κ3) is 10.8. The van der Waals surface area contributed by atoms with Crippen molar-refractivity contribution >= 4 is 65.9 Å². The van der Waals surface area contributed by atoms with Crippen LogP contribution in [0.15, 0.2) is 405 Å². The van der Waals surface area contributed by atoms with E-state index in [1.165, 1.54) is 139 Å². The number of anilines is 5. The molecule has 2 heterocycles. The monoisotopic (exact) mass is 1560 g/mol. The molecule has 0 saturated carbocycles. The molecule has 4 aliphatic carbocycles. The molecule has 0 aromatic heterocycles. The number of halogens is 1. The molecule has 556 valence electrons. The molecule has 1 N–H and O–H groups in total. The van der Waals surface area contributed by atoms with E-state index in [2.05, 4.69) is 448 Å². The summed E-state index contributed by atoms with van der Waals surface area (Å²) in [6.45, 7) is 9.35. The first-order valence-corrected chi connectivity index (χ1v) is 41.3. The third-order valence-corrected chi connectivity index (χ3v) is 26.3. The first kappa shape index (κ1) is 69.8. The highest BCUT2D eigenvalue weighted by molar-refractivity contribution is 9.10. The summed E-state index contributed by atoms with van der Waals surface area (Å²) >= 11 is 3.75. The summed E-state index contributed by atoms with van der Waals surface area (Å²) in [5.41, 5.74) is 35.2. The predicted molar refractivity (Wildman–Crippen MR) is 487 cm³/mol. The summed E-state index contributed by atoms with van der Waals surface area (Å²) in [7, 11) is 0. The fourth-order valence-corrected chi connectivity index (χ4v) is 20.8. The normalized spacial score (nSPS) is 15.9. The lowest BCUT2D eigenvalue weighted by molar-refractivity contribution is 0.441. The number of nitrogens with zero attached hydrogens (tertiary/aromatic N) is 1. The van der Waals surface area contributed by atoms with E-state index in [0.717, 1.165) is 72.2 Å². The van der Waals surface area contributed by atoms with E-state index >= 15 is 0 Å². The fourth-order valence-electron chi connectivity index (χ4n) is 20.4. The fraction of sp³-hybridized carbons (Fsp3) is 0.0714. The van der Waals surface area contributed by atoms with Crippen LogP contribution in [-0.2, 0) is 21.7 Å². The van der Waals surface area contributed by atoms with Crippen LogP contribution >= 0.6 is 15.9 Å². The zero-order valence-electron chi connectivity index (χ0n) is 65.2. The number of rotatable bonds is 7. The molecule has 0 fully saturated rings. The van der Waals surface area contributed by atoms with Gasteiger partial charge in [0.2, 0.25) is 0 Å². The maximum atomic E-state index is 6.95. The van der Waals surface area contributed by atoms with Gasteiger partial charge in [0.15, 0.2) is 0 Å². The van der Waals surface area contributed by atoms with E-state index in [-0.39, 0.29) is 10.8 Å². The van der Waals surface area contributed by atoms with Crippen LogP contribution in [0.2, 0.25) is 0 Å². The smallest absolute Gasteiger partial charge is 0.140 e. The summed E-state index contributed by atoms with van der Waals surface area (Å²) in [5, 5.41) is 8.21. The Morgan fingerprint density at radius 2 is 0.581 bits per heavy atom. The van der Waals surface area contributed by atoms with Gasteiger partial charge in [0, 0.05) is 76.8 Å². The summed E-state index contributed by atoms with van der Waals surface area (Å²) in [5.74, 6) is 3.71. The lowest BCUT2D eigenvalue weighted by atomic mass is 9.65. The maximum absolute atomic E-state index is 6.95. The van der Waals surface area contributed by atoms with Crippen LogP contribution in [0.4, 0.5) is 28.4 Å². The van der Waals surface area contributed by atoms with E-state index < -0.39 is 10.8 Å². The van der Waals surface area contributed by atoms with Crippen LogP contribution in [0.25, 0.3) is 88.3 Å². The lowest BCUT2D eigenvalue weighted by Gasteiger charge is -2.40. The van der Waals surface area contributed by atoms with Crippen LogP contribution in [0.3, 0.4) is 0 Å². The third-order valence-electron chi connectivity index (χ3n) is 25.8. The first-order chi connectivity index (χ1) is 57.4.